The quantitative estimate of drug-likeness (QED) is 0.483. The highest BCUT2D eigenvalue weighted by Crippen LogP contribution is 2.43. The van der Waals surface area contributed by atoms with Gasteiger partial charge in [-0.2, -0.15) is 4.98 Å². The second-order valence-corrected chi connectivity index (χ2v) is 12.6. The SMILES string of the molecule is COc1cc(N2CCC(N3CCP(C)(=O)CC3)CC2)ccc1Nc1nc(Cl)ncc1Cl. The Kier molecular flexibility index (Phi) is 6.97. The molecule has 7 nitrogen and oxygen atoms in total. The van der Waals surface area contributed by atoms with Crippen molar-refractivity contribution in [3.05, 3.63) is 34.7 Å². The maximum Gasteiger partial charge on any atom is 0.224 e. The molecule has 2 saturated heterocycles. The van der Waals surface area contributed by atoms with E-state index in [1.807, 2.05) is 18.8 Å². The molecule has 1 aromatic carbocycles. The first-order valence-corrected chi connectivity index (χ1v) is 13.8. The number of ether oxygens (including phenoxy) is 1. The molecular formula is C21H28Cl2N5O2P. The smallest absolute Gasteiger partial charge is 0.224 e. The average molecular weight is 484 g/mol. The van der Waals surface area contributed by atoms with E-state index in [1.165, 1.54) is 6.20 Å². The Balaban J connectivity index is 1.40. The van der Waals surface area contributed by atoms with Crippen molar-refractivity contribution in [3.63, 3.8) is 0 Å². The molecule has 31 heavy (non-hydrogen) atoms. The third kappa shape index (κ3) is 5.46. The maximum absolute atomic E-state index is 12.3. The Morgan fingerprint density at radius 1 is 1.16 bits per heavy atom. The molecule has 0 saturated carbocycles. The molecule has 0 radical (unpaired) electrons. The number of hydrogen-bond acceptors (Lipinski definition) is 7. The number of piperidine rings is 1. The zero-order chi connectivity index (χ0) is 22.0. The van der Waals surface area contributed by atoms with Gasteiger partial charge in [0.15, 0.2) is 5.82 Å². The van der Waals surface area contributed by atoms with E-state index in [9.17, 15) is 4.57 Å². The summed E-state index contributed by atoms with van der Waals surface area (Å²) < 4.78 is 17.9. The predicted molar refractivity (Wildman–Crippen MR) is 128 cm³/mol. The van der Waals surface area contributed by atoms with Gasteiger partial charge < -0.3 is 19.5 Å². The number of aromatic nitrogens is 2. The van der Waals surface area contributed by atoms with Gasteiger partial charge in [-0.15, -0.1) is 0 Å². The number of hydrogen-bond donors (Lipinski definition) is 1. The molecule has 2 fully saturated rings. The lowest BCUT2D eigenvalue weighted by molar-refractivity contribution is 0.182. The number of nitrogens with one attached hydrogen (secondary N) is 1. The normalized spacial score (nSPS) is 19.9. The Bertz CT molecular complexity index is 972. The Morgan fingerprint density at radius 2 is 1.87 bits per heavy atom. The minimum Gasteiger partial charge on any atom is -0.494 e. The van der Waals surface area contributed by atoms with E-state index >= 15 is 0 Å². The van der Waals surface area contributed by atoms with Gasteiger partial charge in [-0.3, -0.25) is 4.90 Å². The molecule has 1 N–H and O–H groups in total. The summed E-state index contributed by atoms with van der Waals surface area (Å²) in [5.74, 6) is 1.15. The molecular weight excluding hydrogens is 456 g/mol. The molecule has 3 heterocycles. The summed E-state index contributed by atoms with van der Waals surface area (Å²) in [5, 5.41) is 3.69. The van der Waals surface area contributed by atoms with E-state index in [4.69, 9.17) is 27.9 Å². The molecule has 10 heteroatoms. The average Bonchev–Trinajstić information content (AvgIpc) is 2.77. The lowest BCUT2D eigenvalue weighted by Gasteiger charge is -2.42. The van der Waals surface area contributed by atoms with Crippen LogP contribution in [0.5, 0.6) is 5.75 Å². The van der Waals surface area contributed by atoms with E-state index in [0.29, 0.717) is 22.6 Å². The largest absolute Gasteiger partial charge is 0.494 e. The van der Waals surface area contributed by atoms with E-state index in [1.54, 1.807) is 7.11 Å². The molecule has 0 unspecified atom stereocenters. The van der Waals surface area contributed by atoms with Gasteiger partial charge in [0.25, 0.3) is 0 Å². The highest BCUT2D eigenvalue weighted by Gasteiger charge is 2.30. The summed E-state index contributed by atoms with van der Waals surface area (Å²) in [6, 6.07) is 6.67. The van der Waals surface area contributed by atoms with Crippen molar-refractivity contribution in [3.8, 4) is 5.75 Å². The molecule has 1 aromatic heterocycles. The lowest BCUT2D eigenvalue weighted by Crippen LogP contribution is -2.48. The maximum atomic E-state index is 12.3. The molecule has 0 bridgehead atoms. The summed E-state index contributed by atoms with van der Waals surface area (Å²) in [5.41, 5.74) is 1.89. The van der Waals surface area contributed by atoms with Gasteiger partial charge in [-0.05, 0) is 43.2 Å². The van der Waals surface area contributed by atoms with Crippen molar-refractivity contribution in [1.29, 1.82) is 0 Å². The molecule has 0 amide bonds. The summed E-state index contributed by atoms with van der Waals surface area (Å²) >= 11 is 12.1. The number of anilines is 3. The van der Waals surface area contributed by atoms with Gasteiger partial charge in [0.05, 0.1) is 26.1 Å². The van der Waals surface area contributed by atoms with Crippen LogP contribution in [0.1, 0.15) is 12.8 Å². The van der Waals surface area contributed by atoms with E-state index in [2.05, 4.69) is 31.2 Å². The predicted octanol–water partition coefficient (Wildman–Crippen LogP) is 4.81. The molecule has 0 atom stereocenters. The second-order valence-electron chi connectivity index (χ2n) is 8.34. The van der Waals surface area contributed by atoms with E-state index in [0.717, 1.165) is 62.7 Å². The van der Waals surface area contributed by atoms with E-state index < -0.39 is 7.14 Å². The highest BCUT2D eigenvalue weighted by atomic mass is 35.5. The van der Waals surface area contributed by atoms with E-state index in [-0.39, 0.29) is 5.28 Å². The Morgan fingerprint density at radius 3 is 2.55 bits per heavy atom. The van der Waals surface area contributed by atoms with Gasteiger partial charge in [0, 0.05) is 56.3 Å². The number of rotatable bonds is 5. The van der Waals surface area contributed by atoms with Crippen LogP contribution < -0.4 is 15.0 Å². The first-order valence-electron chi connectivity index (χ1n) is 10.5. The minimum absolute atomic E-state index is 0.126. The zero-order valence-corrected chi connectivity index (χ0v) is 20.3. The van der Waals surface area contributed by atoms with Gasteiger partial charge in [-0.1, -0.05) is 11.6 Å². The number of methoxy groups -OCH3 is 1. The van der Waals surface area contributed by atoms with Crippen LogP contribution in [0, 0.1) is 0 Å². The van der Waals surface area contributed by atoms with Crippen LogP contribution in [0.25, 0.3) is 0 Å². The molecule has 2 aromatic rings. The van der Waals surface area contributed by atoms with Crippen LogP contribution in [0.4, 0.5) is 17.2 Å². The van der Waals surface area contributed by atoms with Crippen LogP contribution in [-0.4, -0.2) is 73.2 Å². The topological polar surface area (TPSA) is 70.6 Å². The Labute approximate surface area is 193 Å². The summed E-state index contributed by atoms with van der Waals surface area (Å²) in [6.45, 7) is 5.89. The van der Waals surface area contributed by atoms with Crippen molar-refractivity contribution in [2.75, 3.05) is 62.5 Å². The third-order valence-corrected chi connectivity index (χ3v) is 8.97. The zero-order valence-electron chi connectivity index (χ0n) is 17.9. The molecule has 0 aliphatic carbocycles. The molecule has 2 aliphatic heterocycles. The third-order valence-electron chi connectivity index (χ3n) is 6.22. The van der Waals surface area contributed by atoms with Crippen molar-refractivity contribution in [2.24, 2.45) is 0 Å². The molecule has 168 valence electrons. The van der Waals surface area contributed by atoms with Crippen molar-refractivity contribution in [2.45, 2.75) is 18.9 Å². The lowest BCUT2D eigenvalue weighted by atomic mass is 10.0. The highest BCUT2D eigenvalue weighted by molar-refractivity contribution is 7.63. The summed E-state index contributed by atoms with van der Waals surface area (Å²) in [6.07, 6.45) is 5.42. The summed E-state index contributed by atoms with van der Waals surface area (Å²) in [7, 11) is -0.229. The first kappa shape index (κ1) is 22.7. The molecule has 0 spiro atoms. The van der Waals surface area contributed by atoms with Crippen LogP contribution in [0.3, 0.4) is 0 Å². The number of benzene rings is 1. The fourth-order valence-electron chi connectivity index (χ4n) is 4.30. The monoisotopic (exact) mass is 483 g/mol. The van der Waals surface area contributed by atoms with Gasteiger partial charge in [0.2, 0.25) is 5.28 Å². The second kappa shape index (κ2) is 9.53. The van der Waals surface area contributed by atoms with Crippen molar-refractivity contribution >= 4 is 47.5 Å². The Hall–Kier alpha value is -1.53. The first-order chi connectivity index (χ1) is 14.8. The van der Waals surface area contributed by atoms with Crippen LogP contribution in [0.2, 0.25) is 10.3 Å². The van der Waals surface area contributed by atoms with Crippen LogP contribution in [0.15, 0.2) is 24.4 Å². The van der Waals surface area contributed by atoms with Crippen LogP contribution >= 0.6 is 30.3 Å². The fourth-order valence-corrected chi connectivity index (χ4v) is 6.15. The van der Waals surface area contributed by atoms with Gasteiger partial charge in [0.1, 0.15) is 10.8 Å². The minimum atomic E-state index is -1.88. The van der Waals surface area contributed by atoms with Gasteiger partial charge in [-0.25, -0.2) is 4.98 Å². The number of nitrogens with zero attached hydrogens (tertiary/aromatic N) is 4. The van der Waals surface area contributed by atoms with Crippen molar-refractivity contribution < 1.29 is 9.30 Å². The van der Waals surface area contributed by atoms with Crippen molar-refractivity contribution in [1.82, 2.24) is 14.9 Å². The number of halogens is 2. The van der Waals surface area contributed by atoms with Gasteiger partial charge >= 0.3 is 0 Å². The molecule has 2 aliphatic rings. The van der Waals surface area contributed by atoms with Crippen LogP contribution in [-0.2, 0) is 4.57 Å². The molecule has 4 rings (SSSR count). The standard InChI is InChI=1S/C21H28Cl2N5O2P/c1-30-19-13-16(3-4-18(19)25-20-17(22)14-24-21(23)26-20)27-7-5-15(6-8-27)28-9-11-31(2,29)12-10-28/h3-4,13-15H,5-12H2,1-2H3,(H,24,25,26). The fraction of sp³-hybridized carbons (Fsp3) is 0.524. The summed E-state index contributed by atoms with van der Waals surface area (Å²) in [4.78, 5) is 13.0.